The Hall–Kier alpha value is -2.42. The maximum Gasteiger partial charge on any atom is 0.303 e. The Bertz CT molecular complexity index is 1310. The molecule has 47 heavy (non-hydrogen) atoms. The van der Waals surface area contributed by atoms with Gasteiger partial charge >= 0.3 is 17.9 Å². The number of nitrogens with one attached hydrogen (secondary N) is 1. The van der Waals surface area contributed by atoms with Crippen molar-refractivity contribution < 1.29 is 38.5 Å². The Labute approximate surface area is 281 Å². The normalized spacial score (nSPS) is 45.5. The van der Waals surface area contributed by atoms with Crippen LogP contribution < -0.4 is 5.32 Å². The van der Waals surface area contributed by atoms with E-state index >= 15 is 0 Å². The highest BCUT2D eigenvalue weighted by Crippen LogP contribution is 2.76. The highest BCUT2D eigenvalue weighted by Gasteiger charge is 2.72. The van der Waals surface area contributed by atoms with Gasteiger partial charge in [-0.25, -0.2) is 0 Å². The van der Waals surface area contributed by atoms with Gasteiger partial charge in [0.25, 0.3) is 0 Å². The summed E-state index contributed by atoms with van der Waals surface area (Å²) in [6, 6.07) is 0. The molecule has 3 unspecified atom stereocenters. The lowest BCUT2D eigenvalue weighted by Gasteiger charge is -2.72. The molecule has 264 valence electrons. The Morgan fingerprint density at radius 3 is 2.19 bits per heavy atom. The first-order chi connectivity index (χ1) is 21.9. The first kappa shape index (κ1) is 35.9. The summed E-state index contributed by atoms with van der Waals surface area (Å²) in [5.74, 6) is 0.0732. The van der Waals surface area contributed by atoms with Crippen molar-refractivity contribution >= 4 is 23.8 Å². The minimum absolute atomic E-state index is 0.0442. The van der Waals surface area contributed by atoms with E-state index in [0.29, 0.717) is 18.3 Å². The van der Waals surface area contributed by atoms with Crippen molar-refractivity contribution in [1.29, 1.82) is 0 Å². The van der Waals surface area contributed by atoms with Crippen molar-refractivity contribution in [3.8, 4) is 0 Å². The van der Waals surface area contributed by atoms with Crippen LogP contribution in [0.2, 0.25) is 0 Å². The summed E-state index contributed by atoms with van der Waals surface area (Å²) in [6.07, 6.45) is 7.88. The zero-order valence-electron chi connectivity index (χ0n) is 30.2. The number of aliphatic hydroxyl groups is 1. The highest BCUT2D eigenvalue weighted by atomic mass is 16.6. The average molecular weight is 658 g/mol. The molecule has 12 atom stereocenters. The van der Waals surface area contributed by atoms with Crippen LogP contribution in [-0.4, -0.2) is 60.9 Å². The quantitative estimate of drug-likeness (QED) is 0.201. The molecule has 4 fully saturated rings. The SMILES string of the molecule is CC(=O)OC[C@@]1(C)C2CC[C@]3(C)C(CC=C4C5[C@@H](C)[C@H](C)CC[C@]5(C(=O)NCCO)CC[C@]43C)[C@@]2(C)C[C@@H](OC(C)=O)[C@@H]1OC(C)=O. The van der Waals surface area contributed by atoms with Crippen molar-refractivity contribution in [2.45, 2.75) is 126 Å². The van der Waals surface area contributed by atoms with Crippen LogP contribution in [0.15, 0.2) is 11.6 Å². The van der Waals surface area contributed by atoms with Gasteiger partial charge in [0.2, 0.25) is 5.91 Å². The number of amides is 1. The minimum atomic E-state index is -0.767. The molecule has 2 N–H and O–H groups in total. The lowest BCUT2D eigenvalue weighted by Crippen LogP contribution is -2.69. The topological polar surface area (TPSA) is 128 Å². The van der Waals surface area contributed by atoms with Crippen LogP contribution in [0.1, 0.15) is 114 Å². The van der Waals surface area contributed by atoms with Gasteiger partial charge in [0.1, 0.15) is 18.8 Å². The summed E-state index contributed by atoms with van der Waals surface area (Å²) in [5.41, 5.74) is -0.360. The van der Waals surface area contributed by atoms with Gasteiger partial charge in [-0.3, -0.25) is 19.2 Å². The van der Waals surface area contributed by atoms with Gasteiger partial charge in [0.15, 0.2) is 0 Å². The Morgan fingerprint density at radius 1 is 0.894 bits per heavy atom. The molecular weight excluding hydrogens is 598 g/mol. The molecule has 0 spiro atoms. The summed E-state index contributed by atoms with van der Waals surface area (Å²) in [4.78, 5) is 51.1. The fourth-order valence-corrected chi connectivity index (χ4v) is 12.3. The van der Waals surface area contributed by atoms with Gasteiger partial charge in [-0.1, -0.05) is 53.2 Å². The number of carbonyl (C=O) groups excluding carboxylic acids is 4. The number of hydrogen-bond donors (Lipinski definition) is 2. The molecule has 0 aromatic rings. The zero-order valence-corrected chi connectivity index (χ0v) is 30.2. The van der Waals surface area contributed by atoms with Gasteiger partial charge in [0, 0.05) is 32.7 Å². The fraction of sp³-hybridized carbons (Fsp3) is 0.842. The van der Waals surface area contributed by atoms with Crippen LogP contribution in [0.3, 0.4) is 0 Å². The number of rotatable bonds is 7. The molecule has 5 aliphatic carbocycles. The number of ether oxygens (including phenoxy) is 3. The third-order valence-electron chi connectivity index (χ3n) is 14.7. The lowest BCUT2D eigenvalue weighted by molar-refractivity contribution is -0.255. The van der Waals surface area contributed by atoms with E-state index in [1.54, 1.807) is 0 Å². The zero-order chi connectivity index (χ0) is 34.7. The molecule has 0 bridgehead atoms. The van der Waals surface area contributed by atoms with Crippen molar-refractivity contribution in [3.63, 3.8) is 0 Å². The second-order valence-electron chi connectivity index (χ2n) is 17.0. The molecule has 0 saturated heterocycles. The monoisotopic (exact) mass is 657 g/mol. The molecular formula is C38H59NO8. The van der Waals surface area contributed by atoms with E-state index in [4.69, 9.17) is 14.2 Å². The van der Waals surface area contributed by atoms with Crippen LogP contribution in [0, 0.1) is 56.7 Å². The summed E-state index contributed by atoms with van der Waals surface area (Å²) < 4.78 is 17.7. The first-order valence-corrected chi connectivity index (χ1v) is 18.0. The molecule has 0 heterocycles. The average Bonchev–Trinajstić information content (AvgIpc) is 2.98. The first-order valence-electron chi connectivity index (χ1n) is 18.0. The number of fused-ring (bicyclic) bond motifs is 7. The van der Waals surface area contributed by atoms with Gasteiger partial charge in [0.05, 0.1) is 12.0 Å². The molecule has 5 rings (SSSR count). The maximum absolute atomic E-state index is 14.0. The number of carbonyl (C=O) groups is 4. The van der Waals surface area contributed by atoms with Crippen molar-refractivity contribution in [2.24, 2.45) is 56.7 Å². The van der Waals surface area contributed by atoms with E-state index in [1.165, 1.54) is 26.3 Å². The molecule has 0 aromatic heterocycles. The molecule has 9 nitrogen and oxygen atoms in total. The Morgan fingerprint density at radius 2 is 1.57 bits per heavy atom. The van der Waals surface area contributed by atoms with Gasteiger partial charge in [-0.15, -0.1) is 0 Å². The molecule has 4 saturated carbocycles. The Kier molecular flexibility index (Phi) is 9.52. The number of aliphatic hydroxyl groups excluding tert-OH is 1. The minimum Gasteiger partial charge on any atom is -0.465 e. The summed E-state index contributed by atoms with van der Waals surface area (Å²) in [5, 5.41) is 12.6. The van der Waals surface area contributed by atoms with Gasteiger partial charge < -0.3 is 24.6 Å². The lowest BCUT2D eigenvalue weighted by atomic mass is 9.33. The predicted octanol–water partition coefficient (Wildman–Crippen LogP) is 5.77. The van der Waals surface area contributed by atoms with E-state index < -0.39 is 40.9 Å². The Balaban J connectivity index is 1.61. The van der Waals surface area contributed by atoms with Crippen LogP contribution in [0.5, 0.6) is 0 Å². The van der Waals surface area contributed by atoms with Gasteiger partial charge in [-0.2, -0.15) is 0 Å². The molecule has 9 heteroatoms. The number of hydrogen-bond acceptors (Lipinski definition) is 8. The predicted molar refractivity (Wildman–Crippen MR) is 177 cm³/mol. The smallest absolute Gasteiger partial charge is 0.303 e. The summed E-state index contributed by atoms with van der Waals surface area (Å²) in [6.45, 7) is 18.4. The molecule has 5 aliphatic rings. The summed E-state index contributed by atoms with van der Waals surface area (Å²) >= 11 is 0. The van der Waals surface area contributed by atoms with Crippen LogP contribution in [0.25, 0.3) is 0 Å². The van der Waals surface area contributed by atoms with Gasteiger partial charge in [-0.05, 0) is 97.2 Å². The third kappa shape index (κ3) is 5.45. The molecule has 1 amide bonds. The number of allylic oxidation sites excluding steroid dienone is 2. The van der Waals surface area contributed by atoms with Crippen molar-refractivity contribution in [2.75, 3.05) is 19.8 Å². The molecule has 0 radical (unpaired) electrons. The third-order valence-corrected chi connectivity index (χ3v) is 14.7. The second-order valence-corrected chi connectivity index (χ2v) is 17.0. The fourth-order valence-electron chi connectivity index (χ4n) is 12.3. The van der Waals surface area contributed by atoms with Crippen molar-refractivity contribution in [1.82, 2.24) is 5.32 Å². The van der Waals surface area contributed by atoms with E-state index in [2.05, 4.69) is 46.0 Å². The molecule has 0 aromatic carbocycles. The standard InChI is InChI=1S/C38H59NO8/c1-22-12-15-38(33(44)39-18-19-40)17-16-36(8)27(31(38)23(22)2)10-11-30-34(6)20-28(46-25(4)42)32(47-26(5)43)35(7,21-45-24(3)41)29(34)13-14-37(30,36)9/h10,22-23,28-32,40H,11-21H2,1-9H3,(H,39,44)/t22-,23+,28-,29?,30?,31?,32+,34+,35+,36-,37-,38+/m1/s1. The highest BCUT2D eigenvalue weighted by molar-refractivity contribution is 5.84. The van der Waals surface area contributed by atoms with Crippen molar-refractivity contribution in [3.05, 3.63) is 11.6 Å². The van der Waals surface area contributed by atoms with Crippen LogP contribution in [-0.2, 0) is 33.4 Å². The largest absolute Gasteiger partial charge is 0.465 e. The van der Waals surface area contributed by atoms with Crippen LogP contribution in [0.4, 0.5) is 0 Å². The maximum atomic E-state index is 14.0. The summed E-state index contributed by atoms with van der Waals surface area (Å²) in [7, 11) is 0. The second kappa shape index (κ2) is 12.5. The van der Waals surface area contributed by atoms with E-state index in [1.807, 2.05) is 6.92 Å². The van der Waals surface area contributed by atoms with Crippen LogP contribution >= 0.6 is 0 Å². The molecule has 0 aliphatic heterocycles. The van der Waals surface area contributed by atoms with E-state index in [9.17, 15) is 24.3 Å². The number of esters is 3. The van der Waals surface area contributed by atoms with E-state index in [0.717, 1.165) is 44.9 Å². The van der Waals surface area contributed by atoms with E-state index in [-0.39, 0.29) is 59.7 Å².